The van der Waals surface area contributed by atoms with E-state index < -0.39 is 108 Å². The summed E-state index contributed by atoms with van der Waals surface area (Å²) < 4.78 is 63.9. The second kappa shape index (κ2) is 16.2. The predicted molar refractivity (Wildman–Crippen MR) is 203 cm³/mol. The van der Waals surface area contributed by atoms with Crippen LogP contribution in [0.4, 0.5) is 17.5 Å². The minimum absolute atomic E-state index is 0.0121. The van der Waals surface area contributed by atoms with E-state index in [-0.39, 0.29) is 50.9 Å². The molecule has 9 rings (SSSR count). The van der Waals surface area contributed by atoms with E-state index in [2.05, 4.69) is 44.9 Å². The Hall–Kier alpha value is -5.05. The molecule has 3 saturated heterocycles. The van der Waals surface area contributed by atoms with Gasteiger partial charge in [-0.2, -0.15) is 0 Å². The average molecular weight is 926 g/mol. The highest BCUT2D eigenvalue weighted by atomic mass is 31.2. The van der Waals surface area contributed by atoms with Crippen molar-refractivity contribution in [3.8, 4) is 0 Å². The van der Waals surface area contributed by atoms with E-state index in [0.717, 1.165) is 25.3 Å². The number of phosphoric acid groups is 2. The van der Waals surface area contributed by atoms with Crippen LogP contribution in [0.3, 0.4) is 0 Å². The predicted octanol–water partition coefficient (Wildman–Crippen LogP) is -4.02. The van der Waals surface area contributed by atoms with Crippen molar-refractivity contribution in [1.29, 1.82) is 0 Å². The molecule has 3 fully saturated rings. The molecule has 14 N–H and O–H groups in total. The van der Waals surface area contributed by atoms with E-state index in [9.17, 15) is 49.3 Å². The Morgan fingerprint density at radius 2 is 1.13 bits per heavy atom. The number of ether oxygens (including phenoxy) is 3. The fraction of sp³-hybridized carbons (Fsp3) is 0.500. The average Bonchev–Trinajstić information content (AvgIpc) is 4.09. The second-order valence-corrected chi connectivity index (χ2v) is 17.1. The van der Waals surface area contributed by atoms with E-state index in [0.29, 0.717) is 0 Å². The van der Waals surface area contributed by atoms with Crippen LogP contribution in [0.25, 0.3) is 33.5 Å². The SMILES string of the molecule is Nc1ncnc2c1ncn2C1OC(C(OP(=O)(O)O)C2C(O)C(COP(=O)(O)OC3C(O)C(CO)OC3n3cnc4c(N)ncnc43)OC2n2cnc3c(N)ncnc32)C(O)C1O. The normalized spacial score (nSPS) is 31.7. The number of nitrogens with zero attached hydrogens (tertiary/aromatic N) is 12. The zero-order valence-corrected chi connectivity index (χ0v) is 33.5. The number of nitrogen functional groups attached to an aromatic ring is 3. The Balaban J connectivity index is 1.03. The molecule has 14 unspecified atom stereocenters. The van der Waals surface area contributed by atoms with Crippen LogP contribution in [-0.4, -0.2) is 167 Å². The lowest BCUT2D eigenvalue weighted by atomic mass is 9.88. The van der Waals surface area contributed by atoms with E-state index in [1.54, 1.807) is 0 Å². The summed E-state index contributed by atoms with van der Waals surface area (Å²) in [7, 11) is -10.9. The standard InChI is InChI=1S/C30H37N15O16P2/c31-22-12-25(37-3-34-22)43(6-40-12)28-11(19(60-62(51,52)53)20-17(49)18(50)29(59-20)44-7-41-13-23(32)35-4-38-26(13)44)15(47)10(58-28)2-56-63(54,55)61-21-16(48)9(1-46)57-30(21)45-8-42-14-24(33)36-5-39-27(14)45/h3-11,15-21,28-30,46-50H,1-2H2,(H,54,55)(H2,31,34,37)(H2,32,35,38)(H2,33,36,39)(H2,51,52,53). The molecule has 33 heteroatoms. The largest absolute Gasteiger partial charge is 0.472 e. The van der Waals surface area contributed by atoms with Gasteiger partial charge in [0.2, 0.25) is 0 Å². The van der Waals surface area contributed by atoms with Gasteiger partial charge in [0.15, 0.2) is 46.9 Å². The third-order valence-electron chi connectivity index (χ3n) is 10.8. The summed E-state index contributed by atoms with van der Waals surface area (Å²) in [5.74, 6) is -1.88. The molecule has 338 valence electrons. The summed E-state index contributed by atoms with van der Waals surface area (Å²) in [4.78, 5) is 67.9. The first kappa shape index (κ1) is 43.2. The van der Waals surface area contributed by atoms with Crippen LogP contribution >= 0.6 is 15.6 Å². The van der Waals surface area contributed by atoms with E-state index in [1.165, 1.54) is 26.4 Å². The monoisotopic (exact) mass is 925 g/mol. The minimum Gasteiger partial charge on any atom is -0.394 e. The van der Waals surface area contributed by atoms with Crippen LogP contribution in [0.15, 0.2) is 38.0 Å². The number of aliphatic hydroxyl groups is 5. The number of rotatable bonds is 13. The quantitative estimate of drug-likeness (QED) is 0.0491. The third kappa shape index (κ3) is 7.65. The molecule has 0 saturated carbocycles. The third-order valence-corrected chi connectivity index (χ3v) is 12.3. The van der Waals surface area contributed by atoms with Gasteiger partial charge in [0.05, 0.1) is 44.2 Å². The zero-order valence-electron chi connectivity index (χ0n) is 31.7. The summed E-state index contributed by atoms with van der Waals surface area (Å²) in [6.07, 6.45) is -14.2. The van der Waals surface area contributed by atoms with Gasteiger partial charge in [0, 0.05) is 0 Å². The molecule has 3 aliphatic rings. The molecular formula is C30H37N15O16P2. The van der Waals surface area contributed by atoms with Gasteiger partial charge in [-0.3, -0.25) is 27.3 Å². The van der Waals surface area contributed by atoms with Gasteiger partial charge < -0.3 is 71.6 Å². The first-order valence-electron chi connectivity index (χ1n) is 18.4. The van der Waals surface area contributed by atoms with Crippen LogP contribution in [-0.2, 0) is 36.9 Å². The van der Waals surface area contributed by atoms with Crippen molar-refractivity contribution in [2.75, 3.05) is 30.4 Å². The lowest BCUT2D eigenvalue weighted by Crippen LogP contribution is -2.48. The molecule has 0 amide bonds. The van der Waals surface area contributed by atoms with Gasteiger partial charge in [-0.1, -0.05) is 0 Å². The lowest BCUT2D eigenvalue weighted by molar-refractivity contribution is -0.122. The molecule has 0 aromatic carbocycles. The highest BCUT2D eigenvalue weighted by Gasteiger charge is 2.59. The number of hydrogen-bond donors (Lipinski definition) is 11. The Kier molecular flexibility index (Phi) is 11.1. The number of aliphatic hydroxyl groups excluding tert-OH is 5. The topological polar surface area (TPSA) is 460 Å². The van der Waals surface area contributed by atoms with Gasteiger partial charge in [0.25, 0.3) is 0 Å². The number of imidazole rings is 3. The summed E-state index contributed by atoms with van der Waals surface area (Å²) in [5.41, 5.74) is 18.2. The van der Waals surface area contributed by atoms with Crippen molar-refractivity contribution < 1.29 is 77.1 Å². The van der Waals surface area contributed by atoms with Crippen LogP contribution in [0.2, 0.25) is 0 Å². The van der Waals surface area contributed by atoms with Crippen molar-refractivity contribution in [3.63, 3.8) is 0 Å². The van der Waals surface area contributed by atoms with Gasteiger partial charge >= 0.3 is 15.6 Å². The van der Waals surface area contributed by atoms with Crippen molar-refractivity contribution in [3.05, 3.63) is 38.0 Å². The van der Waals surface area contributed by atoms with Crippen LogP contribution < -0.4 is 17.2 Å². The molecule has 9 heterocycles. The molecule has 14 atom stereocenters. The first-order valence-corrected chi connectivity index (χ1v) is 21.5. The van der Waals surface area contributed by atoms with Gasteiger partial charge in [-0.05, 0) is 0 Å². The fourth-order valence-corrected chi connectivity index (χ4v) is 9.44. The smallest absolute Gasteiger partial charge is 0.394 e. The number of fused-ring (bicyclic) bond motifs is 3. The summed E-state index contributed by atoms with van der Waals surface area (Å²) in [6.45, 7) is -1.76. The maximum Gasteiger partial charge on any atom is 0.472 e. The molecule has 0 aliphatic carbocycles. The number of aromatic nitrogens is 12. The summed E-state index contributed by atoms with van der Waals surface area (Å²) in [6, 6.07) is 0. The molecule has 0 spiro atoms. The van der Waals surface area contributed by atoms with Crippen LogP contribution in [0, 0.1) is 5.92 Å². The van der Waals surface area contributed by atoms with Gasteiger partial charge in [-0.25, -0.2) is 54.0 Å². The number of hydrogen-bond acceptors (Lipinski definition) is 25. The van der Waals surface area contributed by atoms with E-state index in [4.69, 9.17) is 45.0 Å². The van der Waals surface area contributed by atoms with E-state index in [1.807, 2.05) is 0 Å². The summed E-state index contributed by atoms with van der Waals surface area (Å²) in [5, 5.41) is 55.7. The maximum absolute atomic E-state index is 13.7. The van der Waals surface area contributed by atoms with Crippen molar-refractivity contribution in [2.24, 2.45) is 5.92 Å². The minimum atomic E-state index is -5.60. The molecule has 31 nitrogen and oxygen atoms in total. The molecule has 0 bridgehead atoms. The van der Waals surface area contributed by atoms with Gasteiger partial charge in [-0.15, -0.1) is 0 Å². The van der Waals surface area contributed by atoms with E-state index >= 15 is 0 Å². The number of anilines is 3. The Morgan fingerprint density at radius 3 is 1.63 bits per heavy atom. The fourth-order valence-electron chi connectivity index (χ4n) is 7.93. The molecular weight excluding hydrogens is 888 g/mol. The molecule has 63 heavy (non-hydrogen) atoms. The second-order valence-electron chi connectivity index (χ2n) is 14.5. The number of nitrogens with two attached hydrogens (primary N) is 3. The van der Waals surface area contributed by atoms with Crippen LogP contribution in [0.1, 0.15) is 18.7 Å². The lowest BCUT2D eigenvalue weighted by Gasteiger charge is -2.34. The molecule has 0 radical (unpaired) electrons. The highest BCUT2D eigenvalue weighted by Crippen LogP contribution is 2.53. The zero-order chi connectivity index (χ0) is 44.7. The van der Waals surface area contributed by atoms with Crippen molar-refractivity contribution in [1.82, 2.24) is 58.6 Å². The molecule has 6 aromatic heterocycles. The Labute approximate surface area is 349 Å². The van der Waals surface area contributed by atoms with Crippen molar-refractivity contribution in [2.45, 2.75) is 73.6 Å². The van der Waals surface area contributed by atoms with Crippen molar-refractivity contribution >= 4 is 66.6 Å². The van der Waals surface area contributed by atoms with Gasteiger partial charge in [0.1, 0.15) is 90.6 Å². The molecule has 3 aliphatic heterocycles. The summed E-state index contributed by atoms with van der Waals surface area (Å²) >= 11 is 0. The maximum atomic E-state index is 13.7. The number of phosphoric ester groups is 2. The highest BCUT2D eigenvalue weighted by molar-refractivity contribution is 7.47. The van der Waals surface area contributed by atoms with Crippen LogP contribution in [0.5, 0.6) is 0 Å². The Bertz CT molecular complexity index is 2760. The molecule has 6 aromatic rings. The first-order chi connectivity index (χ1) is 30.0. The Morgan fingerprint density at radius 1 is 0.635 bits per heavy atom.